The van der Waals surface area contributed by atoms with Gasteiger partial charge in [-0.1, -0.05) is 25.8 Å². The average Bonchev–Trinajstić information content (AvgIpc) is 2.58. The molecule has 0 fully saturated rings. The molecule has 2 heterocycles. The molecule has 0 atom stereocenters. The summed E-state index contributed by atoms with van der Waals surface area (Å²) in [5.74, 6) is 0.362. The second kappa shape index (κ2) is 8.71. The van der Waals surface area contributed by atoms with Crippen LogP contribution in [0.1, 0.15) is 42.1 Å². The van der Waals surface area contributed by atoms with Crippen LogP contribution in [0.5, 0.6) is 0 Å². The molecule has 0 unspecified atom stereocenters. The van der Waals surface area contributed by atoms with Crippen LogP contribution in [0.15, 0.2) is 36.9 Å². The Bertz CT molecular complexity index is 571. The van der Waals surface area contributed by atoms with Crippen molar-refractivity contribution in [2.75, 3.05) is 11.9 Å². The van der Waals surface area contributed by atoms with Gasteiger partial charge in [-0.15, -0.1) is 0 Å². The number of nitrogens with zero attached hydrogens (tertiary/aromatic N) is 3. The quantitative estimate of drug-likeness (QED) is 0.732. The first-order valence-corrected chi connectivity index (χ1v) is 7.52. The van der Waals surface area contributed by atoms with E-state index in [-0.39, 0.29) is 5.91 Å². The van der Waals surface area contributed by atoms with Crippen molar-refractivity contribution in [1.29, 1.82) is 0 Å². The molecular weight excluding hydrogens is 278 g/mol. The van der Waals surface area contributed by atoms with Crippen LogP contribution in [0.3, 0.4) is 0 Å². The van der Waals surface area contributed by atoms with Gasteiger partial charge in [-0.05, 0) is 18.1 Å². The van der Waals surface area contributed by atoms with E-state index in [4.69, 9.17) is 0 Å². The number of carbonyl (C=O) groups excluding carboxylic acids is 1. The molecule has 2 N–H and O–H groups in total. The molecule has 0 aliphatic heterocycles. The van der Waals surface area contributed by atoms with Gasteiger partial charge < -0.3 is 10.6 Å². The molecule has 22 heavy (non-hydrogen) atoms. The van der Waals surface area contributed by atoms with E-state index in [1.807, 2.05) is 12.1 Å². The molecule has 0 saturated heterocycles. The van der Waals surface area contributed by atoms with Gasteiger partial charge in [0, 0.05) is 37.9 Å². The first-order chi connectivity index (χ1) is 10.8. The van der Waals surface area contributed by atoms with E-state index in [1.165, 1.54) is 25.2 Å². The average molecular weight is 299 g/mol. The van der Waals surface area contributed by atoms with Gasteiger partial charge in [0.2, 0.25) is 5.95 Å². The minimum absolute atomic E-state index is 0.193. The highest BCUT2D eigenvalue weighted by molar-refractivity contribution is 5.93. The maximum Gasteiger partial charge on any atom is 0.254 e. The zero-order chi connectivity index (χ0) is 15.6. The monoisotopic (exact) mass is 299 g/mol. The smallest absolute Gasteiger partial charge is 0.254 e. The maximum atomic E-state index is 12.0. The van der Waals surface area contributed by atoms with Gasteiger partial charge in [0.25, 0.3) is 5.91 Å². The SMILES string of the molecule is CCCCCNc1ncc(C(=O)NCc2cccnc2)cn1. The Morgan fingerprint density at radius 2 is 2.00 bits per heavy atom. The third-order valence-corrected chi connectivity index (χ3v) is 3.15. The van der Waals surface area contributed by atoms with Crippen molar-refractivity contribution in [2.45, 2.75) is 32.7 Å². The van der Waals surface area contributed by atoms with Crippen LogP contribution in [0.4, 0.5) is 5.95 Å². The second-order valence-corrected chi connectivity index (χ2v) is 4.97. The summed E-state index contributed by atoms with van der Waals surface area (Å²) in [4.78, 5) is 24.3. The minimum Gasteiger partial charge on any atom is -0.354 e. The summed E-state index contributed by atoms with van der Waals surface area (Å²) in [6.45, 7) is 3.44. The minimum atomic E-state index is -0.193. The zero-order valence-corrected chi connectivity index (χ0v) is 12.7. The van der Waals surface area contributed by atoms with Crippen LogP contribution in [0.25, 0.3) is 0 Å². The van der Waals surface area contributed by atoms with Crippen LogP contribution < -0.4 is 10.6 Å². The summed E-state index contributed by atoms with van der Waals surface area (Å²) in [7, 11) is 0. The molecular formula is C16H21N5O. The van der Waals surface area contributed by atoms with Crippen LogP contribution >= 0.6 is 0 Å². The Hall–Kier alpha value is -2.50. The Balaban J connectivity index is 1.80. The highest BCUT2D eigenvalue weighted by Gasteiger charge is 2.06. The predicted molar refractivity (Wildman–Crippen MR) is 85.5 cm³/mol. The summed E-state index contributed by atoms with van der Waals surface area (Å²) in [6.07, 6.45) is 9.95. The van der Waals surface area contributed by atoms with Gasteiger partial charge in [0.1, 0.15) is 0 Å². The second-order valence-electron chi connectivity index (χ2n) is 4.97. The van der Waals surface area contributed by atoms with Gasteiger partial charge in [-0.2, -0.15) is 0 Å². The summed E-state index contributed by atoms with van der Waals surface area (Å²) in [5.41, 5.74) is 1.40. The molecule has 0 radical (unpaired) electrons. The standard InChI is InChI=1S/C16H21N5O/c1-2-3-4-8-18-16-20-11-14(12-21-16)15(22)19-10-13-6-5-7-17-9-13/h5-7,9,11-12H,2-4,8,10H2,1H3,(H,19,22)(H,18,20,21). The Morgan fingerprint density at radius 1 is 1.18 bits per heavy atom. The molecule has 0 saturated carbocycles. The van der Waals surface area contributed by atoms with Crippen LogP contribution in [-0.4, -0.2) is 27.4 Å². The number of rotatable bonds is 8. The highest BCUT2D eigenvalue weighted by atomic mass is 16.1. The van der Waals surface area contributed by atoms with Gasteiger partial charge in [-0.3, -0.25) is 9.78 Å². The summed E-state index contributed by atoms with van der Waals surface area (Å²) in [6, 6.07) is 3.75. The maximum absolute atomic E-state index is 12.0. The van der Waals surface area contributed by atoms with Gasteiger partial charge in [0.15, 0.2) is 0 Å². The van der Waals surface area contributed by atoms with Crippen molar-refractivity contribution in [3.8, 4) is 0 Å². The van der Waals surface area contributed by atoms with Crippen LogP contribution in [0, 0.1) is 0 Å². The third kappa shape index (κ3) is 5.12. The van der Waals surface area contributed by atoms with Gasteiger partial charge in [0.05, 0.1) is 5.56 Å². The number of pyridine rings is 1. The fourth-order valence-electron chi connectivity index (χ4n) is 1.90. The molecule has 2 rings (SSSR count). The van der Waals surface area contributed by atoms with Crippen molar-refractivity contribution in [3.63, 3.8) is 0 Å². The number of carbonyl (C=O) groups is 1. The van der Waals surface area contributed by atoms with Gasteiger partial charge >= 0.3 is 0 Å². The lowest BCUT2D eigenvalue weighted by atomic mass is 10.2. The van der Waals surface area contributed by atoms with Crippen molar-refractivity contribution >= 4 is 11.9 Å². The van der Waals surface area contributed by atoms with Crippen molar-refractivity contribution in [2.24, 2.45) is 0 Å². The third-order valence-electron chi connectivity index (χ3n) is 3.15. The topological polar surface area (TPSA) is 79.8 Å². The summed E-state index contributed by atoms with van der Waals surface area (Å²) < 4.78 is 0. The van der Waals surface area contributed by atoms with Crippen molar-refractivity contribution < 1.29 is 4.79 Å². The van der Waals surface area contributed by atoms with Crippen molar-refractivity contribution in [1.82, 2.24) is 20.3 Å². The summed E-state index contributed by atoms with van der Waals surface area (Å²) >= 11 is 0. The van der Waals surface area contributed by atoms with Crippen LogP contribution in [0.2, 0.25) is 0 Å². The molecule has 0 spiro atoms. The van der Waals surface area contributed by atoms with E-state index in [9.17, 15) is 4.79 Å². The number of hydrogen-bond donors (Lipinski definition) is 2. The molecule has 1 amide bonds. The van der Waals surface area contributed by atoms with E-state index in [2.05, 4.69) is 32.5 Å². The molecule has 2 aromatic rings. The van der Waals surface area contributed by atoms with E-state index in [0.717, 1.165) is 18.5 Å². The first-order valence-electron chi connectivity index (χ1n) is 7.52. The molecule has 0 aliphatic rings. The lowest BCUT2D eigenvalue weighted by Crippen LogP contribution is -2.23. The Kier molecular flexibility index (Phi) is 6.29. The van der Waals surface area contributed by atoms with Gasteiger partial charge in [-0.25, -0.2) is 9.97 Å². The molecule has 0 aliphatic carbocycles. The lowest BCUT2D eigenvalue weighted by molar-refractivity contribution is 0.0950. The first kappa shape index (κ1) is 15.9. The predicted octanol–water partition coefficient (Wildman–Crippen LogP) is 2.40. The number of amides is 1. The van der Waals surface area contributed by atoms with Crippen LogP contribution in [-0.2, 0) is 6.54 Å². The van der Waals surface area contributed by atoms with E-state index < -0.39 is 0 Å². The zero-order valence-electron chi connectivity index (χ0n) is 12.7. The Labute approximate surface area is 130 Å². The molecule has 116 valence electrons. The molecule has 2 aromatic heterocycles. The molecule has 6 heteroatoms. The summed E-state index contributed by atoms with van der Waals surface area (Å²) in [5, 5.41) is 5.96. The number of nitrogens with one attached hydrogen (secondary N) is 2. The fraction of sp³-hybridized carbons (Fsp3) is 0.375. The number of aromatic nitrogens is 3. The molecule has 0 aromatic carbocycles. The number of anilines is 1. The normalized spacial score (nSPS) is 10.2. The fourth-order valence-corrected chi connectivity index (χ4v) is 1.90. The van der Waals surface area contributed by atoms with Crippen molar-refractivity contribution in [3.05, 3.63) is 48.0 Å². The van der Waals surface area contributed by atoms with E-state index in [1.54, 1.807) is 12.4 Å². The molecule has 0 bridgehead atoms. The molecule has 6 nitrogen and oxygen atoms in total. The number of hydrogen-bond acceptors (Lipinski definition) is 5. The van der Waals surface area contributed by atoms with E-state index in [0.29, 0.717) is 18.1 Å². The highest BCUT2D eigenvalue weighted by Crippen LogP contribution is 2.02. The Morgan fingerprint density at radius 3 is 2.68 bits per heavy atom. The largest absolute Gasteiger partial charge is 0.354 e. The van der Waals surface area contributed by atoms with E-state index >= 15 is 0 Å². The lowest BCUT2D eigenvalue weighted by Gasteiger charge is -2.06. The number of unbranched alkanes of at least 4 members (excludes halogenated alkanes) is 2.